The van der Waals surface area contributed by atoms with Crippen LogP contribution >= 0.6 is 0 Å². The van der Waals surface area contributed by atoms with Gasteiger partial charge in [0, 0.05) is 6.42 Å². The number of aromatic nitrogens is 6. The number of hydrogen-bond acceptors (Lipinski definition) is 15. The van der Waals surface area contributed by atoms with Crippen molar-refractivity contribution in [1.29, 1.82) is 0 Å². The molecule has 0 aliphatic carbocycles. The summed E-state index contributed by atoms with van der Waals surface area (Å²) in [5.74, 6) is 4.32. The summed E-state index contributed by atoms with van der Waals surface area (Å²) in [6.07, 6.45) is 0.399. The van der Waals surface area contributed by atoms with Crippen LogP contribution in [-0.2, 0) is 16.0 Å². The average Bonchev–Trinajstić information content (AvgIpc) is 4.50. The molecule has 0 radical (unpaired) electrons. The molecule has 18 heteroatoms. The molecule has 1 atom stereocenters. The molecule has 6 heterocycles. The number of H-pyrrole nitrogens is 3. The summed E-state index contributed by atoms with van der Waals surface area (Å²) in [5.41, 5.74) is 30.1. The summed E-state index contributed by atoms with van der Waals surface area (Å²) in [6.45, 7) is 6.91. The highest BCUT2D eigenvalue weighted by molar-refractivity contribution is 6.27. The second-order valence-corrected chi connectivity index (χ2v) is 21.2. The molecule has 3 aliphatic heterocycles. The number of carbonyl (C=O) groups is 2. The standard InChI is InChI=1S/C64H58N12O6/c1-4-28-80-52-21-10-7-18-46(52)74-33-49(77)56(58(74)65)63-71-43-27-25-38(31-45(43)73-63)37-14-13-15-39(30-37)81-53-22-11-8-19-47(53)75-34-50(78)57(59(75)66)62-70-42-26-24-36(29-44(42)72-62)32-64(2,3)82-54-23-12-9-20-48(54)76-35-51(79)55(60(76)67)61-68-40-16-5-6-17-41(40)69-61/h5-27,29-31,50,78H,4,28,32-35,65-67H2,1-3H3,(H,68,69)(H,70,72)(H,71,73). The molecule has 3 aromatic heterocycles. The van der Waals surface area contributed by atoms with E-state index in [9.17, 15) is 14.7 Å². The second kappa shape index (κ2) is 20.4. The molecule has 7 aromatic carbocycles. The molecule has 10 N–H and O–H groups in total. The monoisotopic (exact) mass is 1090 g/mol. The number of carbonyl (C=O) groups excluding carboxylic acids is 2. The number of fused-ring (bicyclic) bond motifs is 3. The number of ketones is 2. The molecule has 13 rings (SSSR count). The zero-order chi connectivity index (χ0) is 56.4. The molecule has 0 saturated heterocycles. The number of aromatic amines is 3. The van der Waals surface area contributed by atoms with Crippen LogP contribution in [0.1, 0.15) is 50.2 Å². The molecule has 0 spiro atoms. The Balaban J connectivity index is 0.707. The summed E-state index contributed by atoms with van der Waals surface area (Å²) in [7, 11) is 0. The molecule has 0 saturated carbocycles. The largest absolute Gasteiger partial charge is 0.491 e. The number of Topliss-reactive ketones (excluding diaryl/α,β-unsaturated/α-hetero) is 2. The third-order valence-electron chi connectivity index (χ3n) is 15.0. The Bertz CT molecular complexity index is 4270. The van der Waals surface area contributed by atoms with Gasteiger partial charge in [-0.3, -0.25) is 9.59 Å². The van der Waals surface area contributed by atoms with Crippen LogP contribution in [0.3, 0.4) is 0 Å². The first-order valence-electron chi connectivity index (χ1n) is 27.1. The number of nitrogens with zero attached hydrogens (tertiary/aromatic N) is 6. The van der Waals surface area contributed by atoms with Gasteiger partial charge in [-0.25, -0.2) is 15.0 Å². The summed E-state index contributed by atoms with van der Waals surface area (Å²) >= 11 is 0. The van der Waals surface area contributed by atoms with E-state index >= 15 is 0 Å². The molecule has 3 aliphatic rings. The third kappa shape index (κ3) is 9.33. The Kier molecular flexibility index (Phi) is 12.7. The minimum atomic E-state index is -0.966. The first-order chi connectivity index (χ1) is 39.8. The van der Waals surface area contributed by atoms with Crippen LogP contribution in [-0.4, -0.2) is 84.5 Å². The van der Waals surface area contributed by atoms with E-state index < -0.39 is 11.7 Å². The molecule has 0 bridgehead atoms. The lowest BCUT2D eigenvalue weighted by Gasteiger charge is -2.30. The van der Waals surface area contributed by atoms with Gasteiger partial charge in [0.25, 0.3) is 0 Å². The molecule has 10 aromatic rings. The van der Waals surface area contributed by atoms with Gasteiger partial charge in [-0.05, 0) is 122 Å². The smallest absolute Gasteiger partial charge is 0.189 e. The maximum Gasteiger partial charge on any atom is 0.189 e. The van der Waals surface area contributed by atoms with Gasteiger partial charge in [0.15, 0.2) is 17.3 Å². The van der Waals surface area contributed by atoms with Crippen molar-refractivity contribution in [2.45, 2.75) is 45.3 Å². The van der Waals surface area contributed by atoms with Gasteiger partial charge in [0.1, 0.15) is 75.0 Å². The second-order valence-electron chi connectivity index (χ2n) is 21.2. The Labute approximate surface area is 471 Å². The highest BCUT2D eigenvalue weighted by Crippen LogP contribution is 2.42. The Hall–Kier alpha value is -10.3. The Morgan fingerprint density at radius 3 is 1.82 bits per heavy atom. The van der Waals surface area contributed by atoms with Gasteiger partial charge >= 0.3 is 0 Å². The van der Waals surface area contributed by atoms with Gasteiger partial charge in [-0.1, -0.05) is 79.7 Å². The predicted octanol–water partition coefficient (Wildman–Crippen LogP) is 9.91. The van der Waals surface area contributed by atoms with Crippen LogP contribution in [0.15, 0.2) is 175 Å². The van der Waals surface area contributed by atoms with Crippen molar-refractivity contribution in [3.63, 3.8) is 0 Å². The lowest BCUT2D eigenvalue weighted by atomic mass is 9.98. The minimum Gasteiger partial charge on any atom is -0.491 e. The van der Waals surface area contributed by atoms with E-state index in [0.717, 1.165) is 50.9 Å². The first kappa shape index (κ1) is 51.1. The zero-order valence-corrected chi connectivity index (χ0v) is 45.2. The number of aliphatic hydroxyl groups is 1. The van der Waals surface area contributed by atoms with Crippen molar-refractivity contribution < 1.29 is 28.9 Å². The van der Waals surface area contributed by atoms with Crippen LogP contribution < -0.4 is 46.1 Å². The molecule has 18 nitrogen and oxygen atoms in total. The van der Waals surface area contributed by atoms with Gasteiger partial charge in [-0.2, -0.15) is 0 Å². The summed E-state index contributed by atoms with van der Waals surface area (Å²) < 4.78 is 19.4. The number of ether oxygens (including phenoxy) is 3. The number of benzene rings is 7. The van der Waals surface area contributed by atoms with E-state index in [0.29, 0.717) is 110 Å². The fourth-order valence-electron chi connectivity index (χ4n) is 11.2. The zero-order valence-electron chi connectivity index (χ0n) is 45.2. The fourth-order valence-corrected chi connectivity index (χ4v) is 11.2. The summed E-state index contributed by atoms with van der Waals surface area (Å²) in [5, 5.41) is 11.7. The highest BCUT2D eigenvalue weighted by atomic mass is 16.5. The molecule has 410 valence electrons. The van der Waals surface area contributed by atoms with Crippen LogP contribution in [0.4, 0.5) is 17.1 Å². The molecule has 0 amide bonds. The van der Waals surface area contributed by atoms with Gasteiger partial charge in [-0.15, -0.1) is 0 Å². The number of para-hydroxylation sites is 8. The van der Waals surface area contributed by atoms with E-state index in [2.05, 4.69) is 19.9 Å². The van der Waals surface area contributed by atoms with Crippen LogP contribution in [0.5, 0.6) is 23.0 Å². The highest BCUT2D eigenvalue weighted by Gasteiger charge is 2.37. The van der Waals surface area contributed by atoms with E-state index in [1.165, 1.54) is 0 Å². The maximum atomic E-state index is 13.5. The van der Waals surface area contributed by atoms with Crippen LogP contribution in [0.25, 0.3) is 60.9 Å². The number of β-amino-alcohol motifs (C(OH)–C–C–N with tert-alkyl or cyclic N) is 1. The minimum absolute atomic E-state index is 0.0463. The number of imidazole rings is 3. The number of rotatable bonds is 16. The molecule has 1 unspecified atom stereocenters. The van der Waals surface area contributed by atoms with Crippen molar-refractivity contribution in [3.8, 4) is 34.1 Å². The third-order valence-corrected chi connectivity index (χ3v) is 15.0. The van der Waals surface area contributed by atoms with E-state index in [4.69, 9.17) is 41.4 Å². The lowest BCUT2D eigenvalue weighted by Crippen LogP contribution is -2.32. The predicted molar refractivity (Wildman–Crippen MR) is 319 cm³/mol. The van der Waals surface area contributed by atoms with Crippen molar-refractivity contribution in [2.24, 2.45) is 17.2 Å². The lowest BCUT2D eigenvalue weighted by molar-refractivity contribution is -0.112. The SMILES string of the molecule is CCCOc1ccccc1N1CC(=O)C(c2nc3ccc(-c4cccc(Oc5ccccc5N5CC(O)C(c6nc7ccc(CC(C)(C)Oc8ccccc8N8CC(=O)C(c9nc%10ccccc%10[nH]9)=C8N)cc7[nH]6)=C5N)c4)cc3[nH]2)=C1N. The quantitative estimate of drug-likeness (QED) is 0.0475. The maximum absolute atomic E-state index is 13.5. The van der Waals surface area contributed by atoms with E-state index in [1.807, 2.05) is 183 Å². The van der Waals surface area contributed by atoms with Gasteiger partial charge < -0.3 is 66.2 Å². The number of anilines is 3. The Morgan fingerprint density at radius 2 is 1.12 bits per heavy atom. The topological polar surface area (TPSA) is 256 Å². The molecule has 82 heavy (non-hydrogen) atoms. The Morgan fingerprint density at radius 1 is 0.573 bits per heavy atom. The van der Waals surface area contributed by atoms with Gasteiger partial charge in [0.05, 0.1) is 82.0 Å². The van der Waals surface area contributed by atoms with E-state index in [1.54, 1.807) is 9.80 Å². The van der Waals surface area contributed by atoms with Crippen molar-refractivity contribution in [2.75, 3.05) is 40.9 Å². The fraction of sp³-hybridized carbons (Fsp3) is 0.172. The summed E-state index contributed by atoms with van der Waals surface area (Å²) in [6, 6.07) is 49.9. The number of aliphatic hydroxyl groups excluding tert-OH is 1. The summed E-state index contributed by atoms with van der Waals surface area (Å²) in [4.78, 5) is 56.8. The van der Waals surface area contributed by atoms with Crippen molar-refractivity contribution in [1.82, 2.24) is 29.9 Å². The first-order valence-corrected chi connectivity index (χ1v) is 27.1. The van der Waals surface area contributed by atoms with E-state index in [-0.39, 0.29) is 31.2 Å². The average molecular weight is 1090 g/mol. The van der Waals surface area contributed by atoms with Crippen LogP contribution in [0, 0.1) is 0 Å². The van der Waals surface area contributed by atoms with Crippen LogP contribution in [0.2, 0.25) is 0 Å². The van der Waals surface area contributed by atoms with Gasteiger partial charge in [0.2, 0.25) is 0 Å². The van der Waals surface area contributed by atoms with Crippen molar-refractivity contribution in [3.05, 3.63) is 198 Å². The number of nitrogens with two attached hydrogens (primary N) is 3. The normalized spacial score (nSPS) is 15.9. The van der Waals surface area contributed by atoms with Crippen molar-refractivity contribution >= 4 is 78.4 Å². The molecule has 0 fully saturated rings. The number of hydrogen-bond donors (Lipinski definition) is 7. The number of nitrogens with one attached hydrogen (secondary N) is 3. The molecular formula is C64H58N12O6. The molecular weight excluding hydrogens is 1030 g/mol.